The summed E-state index contributed by atoms with van der Waals surface area (Å²) in [5.41, 5.74) is 4.36. The van der Waals surface area contributed by atoms with Crippen molar-refractivity contribution in [3.63, 3.8) is 0 Å². The summed E-state index contributed by atoms with van der Waals surface area (Å²) >= 11 is 12.2. The molecule has 160 valence electrons. The van der Waals surface area contributed by atoms with Gasteiger partial charge in [0.2, 0.25) is 0 Å². The predicted molar refractivity (Wildman–Crippen MR) is 128 cm³/mol. The highest BCUT2D eigenvalue weighted by Crippen LogP contribution is 2.39. The monoisotopic (exact) mass is 463 g/mol. The minimum Gasteiger partial charge on any atom is -0.478 e. The van der Waals surface area contributed by atoms with E-state index < -0.39 is 5.97 Å². The summed E-state index contributed by atoms with van der Waals surface area (Å²) in [6.45, 7) is 2.13. The fraction of sp³-hybridized carbons (Fsp3) is 0.154. The second-order valence-electron chi connectivity index (χ2n) is 8.15. The van der Waals surface area contributed by atoms with Crippen LogP contribution in [0.5, 0.6) is 0 Å². The van der Waals surface area contributed by atoms with Crippen LogP contribution in [-0.4, -0.2) is 16.1 Å². The number of pyridine rings is 1. The maximum Gasteiger partial charge on any atom is 0.336 e. The van der Waals surface area contributed by atoms with Gasteiger partial charge in [0, 0.05) is 10.9 Å². The summed E-state index contributed by atoms with van der Waals surface area (Å²) < 4.78 is 6.06. The van der Waals surface area contributed by atoms with Gasteiger partial charge in [-0.2, -0.15) is 0 Å². The highest BCUT2D eigenvalue weighted by atomic mass is 35.5. The van der Waals surface area contributed by atoms with Gasteiger partial charge in [-0.1, -0.05) is 48.3 Å². The molecule has 2 aromatic carbocycles. The molecule has 0 fully saturated rings. The molecule has 2 heterocycles. The number of allylic oxidation sites excluding steroid dienone is 1. The molecule has 1 unspecified atom stereocenters. The molecule has 0 bridgehead atoms. The van der Waals surface area contributed by atoms with Crippen molar-refractivity contribution in [1.82, 2.24) is 4.98 Å². The standard InChI is InChI=1S/C26H19Cl2NO3/c1-14-10-16(12-17-7-9-23(32-17)15-6-8-20(27)21(28)13-15)25-19(11-14)24(26(30)31)18-4-2-3-5-22(18)29-25/h2-9,12-14H,10-11H2,1H3,(H,30,31)/b16-12+. The van der Waals surface area contributed by atoms with Crippen LogP contribution >= 0.6 is 23.2 Å². The van der Waals surface area contributed by atoms with Crippen LogP contribution in [-0.2, 0) is 6.42 Å². The zero-order valence-corrected chi connectivity index (χ0v) is 18.7. The quantitative estimate of drug-likeness (QED) is 0.339. The molecule has 0 saturated heterocycles. The van der Waals surface area contributed by atoms with Crippen molar-refractivity contribution in [2.75, 3.05) is 0 Å². The second-order valence-corrected chi connectivity index (χ2v) is 8.96. The molecule has 0 radical (unpaired) electrons. The normalized spacial score (nSPS) is 17.0. The zero-order chi connectivity index (χ0) is 22.4. The highest BCUT2D eigenvalue weighted by molar-refractivity contribution is 6.42. The Morgan fingerprint density at radius 3 is 2.69 bits per heavy atom. The molecule has 0 spiro atoms. The van der Waals surface area contributed by atoms with E-state index >= 15 is 0 Å². The van der Waals surface area contributed by atoms with Crippen LogP contribution in [0.1, 0.15) is 40.7 Å². The molecule has 4 nitrogen and oxygen atoms in total. The van der Waals surface area contributed by atoms with Crippen molar-refractivity contribution in [3.05, 3.63) is 87.2 Å². The van der Waals surface area contributed by atoms with Crippen LogP contribution in [0.25, 0.3) is 33.9 Å². The van der Waals surface area contributed by atoms with Crippen molar-refractivity contribution in [2.24, 2.45) is 5.92 Å². The first kappa shape index (κ1) is 20.8. The molecule has 1 atom stereocenters. The van der Waals surface area contributed by atoms with E-state index in [-0.39, 0.29) is 0 Å². The van der Waals surface area contributed by atoms with E-state index in [9.17, 15) is 9.90 Å². The molecule has 0 amide bonds. The number of nitrogens with zero attached hydrogens (tertiary/aromatic N) is 1. The molecular weight excluding hydrogens is 445 g/mol. The van der Waals surface area contributed by atoms with Crippen molar-refractivity contribution < 1.29 is 14.3 Å². The number of carboxylic acid groups (broad SMARTS) is 1. The Balaban J connectivity index is 1.62. The van der Waals surface area contributed by atoms with Gasteiger partial charge >= 0.3 is 5.97 Å². The number of aromatic nitrogens is 1. The number of para-hydroxylation sites is 1. The van der Waals surface area contributed by atoms with Crippen molar-refractivity contribution >= 4 is 51.7 Å². The number of benzene rings is 2. The molecule has 6 heteroatoms. The van der Waals surface area contributed by atoms with E-state index in [2.05, 4.69) is 6.92 Å². The number of carbonyl (C=O) groups is 1. The fourth-order valence-electron chi connectivity index (χ4n) is 4.39. The van der Waals surface area contributed by atoms with Crippen LogP contribution in [0.2, 0.25) is 10.0 Å². The van der Waals surface area contributed by atoms with Crippen molar-refractivity contribution in [1.29, 1.82) is 0 Å². The summed E-state index contributed by atoms with van der Waals surface area (Å²) in [6, 6.07) is 16.5. The van der Waals surface area contributed by atoms with Gasteiger partial charge in [-0.25, -0.2) is 9.78 Å². The van der Waals surface area contributed by atoms with E-state index in [0.717, 1.165) is 28.8 Å². The molecule has 4 aromatic rings. The van der Waals surface area contributed by atoms with Gasteiger partial charge in [-0.3, -0.25) is 0 Å². The number of hydrogen-bond donors (Lipinski definition) is 1. The van der Waals surface area contributed by atoms with Crippen LogP contribution in [0.3, 0.4) is 0 Å². The van der Waals surface area contributed by atoms with E-state index in [1.54, 1.807) is 12.1 Å². The number of aromatic carboxylic acids is 1. The molecule has 0 aliphatic heterocycles. The Bertz CT molecular complexity index is 1400. The van der Waals surface area contributed by atoms with Gasteiger partial charge in [-0.05, 0) is 72.4 Å². The topological polar surface area (TPSA) is 63.3 Å². The largest absolute Gasteiger partial charge is 0.478 e. The average Bonchev–Trinajstić information content (AvgIpc) is 3.22. The first-order chi connectivity index (χ1) is 15.4. The van der Waals surface area contributed by atoms with E-state index in [1.807, 2.05) is 48.5 Å². The Hall–Kier alpha value is -3.08. The zero-order valence-electron chi connectivity index (χ0n) is 17.2. The van der Waals surface area contributed by atoms with Crippen molar-refractivity contribution in [3.8, 4) is 11.3 Å². The van der Waals surface area contributed by atoms with Crippen LogP contribution in [0.4, 0.5) is 0 Å². The lowest BCUT2D eigenvalue weighted by molar-refractivity contribution is 0.0697. The lowest BCUT2D eigenvalue weighted by Gasteiger charge is -2.25. The number of carboxylic acids is 1. The highest BCUT2D eigenvalue weighted by Gasteiger charge is 2.28. The molecular formula is C26H19Cl2NO3. The summed E-state index contributed by atoms with van der Waals surface area (Å²) in [4.78, 5) is 17.0. The smallest absolute Gasteiger partial charge is 0.336 e. The predicted octanol–water partition coefficient (Wildman–Crippen LogP) is 7.62. The lowest BCUT2D eigenvalue weighted by Crippen LogP contribution is -2.17. The third-order valence-corrected chi connectivity index (χ3v) is 6.52. The first-order valence-electron chi connectivity index (χ1n) is 10.3. The Morgan fingerprint density at radius 1 is 1.09 bits per heavy atom. The van der Waals surface area contributed by atoms with E-state index in [4.69, 9.17) is 32.6 Å². The Morgan fingerprint density at radius 2 is 1.91 bits per heavy atom. The van der Waals surface area contributed by atoms with Gasteiger partial charge < -0.3 is 9.52 Å². The van der Waals surface area contributed by atoms with Crippen LogP contribution < -0.4 is 0 Å². The summed E-state index contributed by atoms with van der Waals surface area (Å²) in [5, 5.41) is 11.6. The molecule has 2 aromatic heterocycles. The fourth-order valence-corrected chi connectivity index (χ4v) is 4.68. The number of hydrogen-bond acceptors (Lipinski definition) is 3. The van der Waals surface area contributed by atoms with Gasteiger partial charge in [0.1, 0.15) is 11.5 Å². The van der Waals surface area contributed by atoms with Gasteiger partial charge in [0.25, 0.3) is 0 Å². The number of fused-ring (bicyclic) bond motifs is 2. The van der Waals surface area contributed by atoms with Crippen molar-refractivity contribution in [2.45, 2.75) is 19.8 Å². The Kier molecular flexibility index (Phi) is 5.28. The average molecular weight is 464 g/mol. The van der Waals surface area contributed by atoms with Gasteiger partial charge in [0.05, 0.1) is 26.8 Å². The minimum atomic E-state index is -0.923. The molecule has 1 aliphatic rings. The third kappa shape index (κ3) is 3.70. The summed E-state index contributed by atoms with van der Waals surface area (Å²) in [7, 11) is 0. The third-order valence-electron chi connectivity index (χ3n) is 5.78. The first-order valence-corrected chi connectivity index (χ1v) is 11.1. The SMILES string of the molecule is CC1C/C(=C\c2ccc(-c3ccc(Cl)c(Cl)c3)o2)c2nc3ccccc3c(C(=O)O)c2C1. The molecule has 1 aliphatic carbocycles. The number of halogens is 2. The lowest BCUT2D eigenvalue weighted by atomic mass is 9.81. The molecule has 0 saturated carbocycles. The Labute approximate surface area is 195 Å². The van der Waals surface area contributed by atoms with Crippen LogP contribution in [0, 0.1) is 5.92 Å². The molecule has 1 N–H and O–H groups in total. The van der Waals surface area contributed by atoms with E-state index in [0.29, 0.717) is 50.4 Å². The summed E-state index contributed by atoms with van der Waals surface area (Å²) in [6.07, 6.45) is 3.43. The summed E-state index contributed by atoms with van der Waals surface area (Å²) in [5.74, 6) is 0.720. The molecule has 5 rings (SSSR count). The van der Waals surface area contributed by atoms with Gasteiger partial charge in [-0.15, -0.1) is 0 Å². The number of furan rings is 1. The second kappa shape index (κ2) is 8.12. The maximum atomic E-state index is 12.2. The number of rotatable bonds is 3. The minimum absolute atomic E-state index is 0.291. The maximum absolute atomic E-state index is 12.2. The van der Waals surface area contributed by atoms with Gasteiger partial charge in [0.15, 0.2) is 0 Å². The van der Waals surface area contributed by atoms with Crippen LogP contribution in [0.15, 0.2) is 59.0 Å². The van der Waals surface area contributed by atoms with E-state index in [1.165, 1.54) is 0 Å². The molecule has 32 heavy (non-hydrogen) atoms.